The zero-order valence-electron chi connectivity index (χ0n) is 9.75. The Morgan fingerprint density at radius 2 is 2.25 bits per heavy atom. The Morgan fingerprint density at radius 3 is 2.88 bits per heavy atom. The Hall–Kier alpha value is -1.35. The van der Waals surface area contributed by atoms with Gasteiger partial charge in [-0.25, -0.2) is 4.39 Å². The molecule has 0 saturated carbocycles. The monoisotopic (exact) mass is 222 g/mol. The molecule has 0 saturated heterocycles. The van der Waals surface area contributed by atoms with Gasteiger partial charge in [0.25, 0.3) is 0 Å². The summed E-state index contributed by atoms with van der Waals surface area (Å²) in [5, 5.41) is 0. The minimum atomic E-state index is -0.336. The Labute approximate surface area is 96.6 Å². The highest BCUT2D eigenvalue weighted by atomic mass is 19.1. The van der Waals surface area contributed by atoms with Gasteiger partial charge in [-0.2, -0.15) is 0 Å². The second kappa shape index (κ2) is 6.28. The molecule has 0 aliphatic heterocycles. The Bertz CT molecular complexity index is 350. The van der Waals surface area contributed by atoms with E-state index in [2.05, 4.69) is 11.5 Å². The van der Waals surface area contributed by atoms with Crippen LogP contribution in [-0.2, 0) is 6.54 Å². The van der Waals surface area contributed by atoms with E-state index in [4.69, 9.17) is 5.73 Å². The van der Waals surface area contributed by atoms with E-state index in [1.165, 1.54) is 6.07 Å². The summed E-state index contributed by atoms with van der Waals surface area (Å²) in [7, 11) is 2.03. The molecular formula is C13H19FN2. The number of anilines is 1. The number of nitrogen functional groups attached to an aromatic ring is 1. The van der Waals surface area contributed by atoms with Gasteiger partial charge < -0.3 is 10.6 Å². The summed E-state index contributed by atoms with van der Waals surface area (Å²) >= 11 is 0. The Morgan fingerprint density at radius 1 is 1.50 bits per heavy atom. The molecule has 0 aliphatic rings. The molecule has 0 fully saturated rings. The van der Waals surface area contributed by atoms with Gasteiger partial charge in [-0.1, -0.05) is 12.1 Å². The van der Waals surface area contributed by atoms with Gasteiger partial charge in [0.05, 0.1) is 5.69 Å². The maximum absolute atomic E-state index is 13.2. The van der Waals surface area contributed by atoms with E-state index in [0.717, 1.165) is 31.5 Å². The molecule has 88 valence electrons. The van der Waals surface area contributed by atoms with Crippen LogP contribution < -0.4 is 5.73 Å². The fourth-order valence-electron chi connectivity index (χ4n) is 1.57. The minimum absolute atomic E-state index is 0.207. The van der Waals surface area contributed by atoms with Crippen molar-refractivity contribution >= 4 is 5.69 Å². The molecule has 0 spiro atoms. The number of rotatable bonds is 6. The van der Waals surface area contributed by atoms with Crippen molar-refractivity contribution in [1.29, 1.82) is 0 Å². The minimum Gasteiger partial charge on any atom is -0.396 e. The number of hydrogen-bond donors (Lipinski definition) is 1. The molecule has 0 unspecified atom stereocenters. The van der Waals surface area contributed by atoms with E-state index in [1.807, 2.05) is 19.2 Å². The number of halogens is 1. The first-order valence-corrected chi connectivity index (χ1v) is 5.47. The van der Waals surface area contributed by atoms with Gasteiger partial charge in [0, 0.05) is 6.54 Å². The summed E-state index contributed by atoms with van der Waals surface area (Å²) in [4.78, 5) is 2.16. The molecular weight excluding hydrogens is 203 g/mol. The second-order valence-electron chi connectivity index (χ2n) is 4.02. The van der Waals surface area contributed by atoms with E-state index in [1.54, 1.807) is 6.07 Å². The lowest BCUT2D eigenvalue weighted by Gasteiger charge is -2.16. The number of hydrogen-bond acceptors (Lipinski definition) is 2. The van der Waals surface area contributed by atoms with Crippen LogP contribution in [0.5, 0.6) is 0 Å². The number of benzene rings is 1. The fourth-order valence-corrected chi connectivity index (χ4v) is 1.57. The van der Waals surface area contributed by atoms with Gasteiger partial charge in [-0.3, -0.25) is 0 Å². The normalized spacial score (nSPS) is 10.7. The summed E-state index contributed by atoms with van der Waals surface area (Å²) in [5.74, 6) is -0.336. The molecule has 1 aromatic carbocycles. The van der Waals surface area contributed by atoms with Gasteiger partial charge >= 0.3 is 0 Å². The molecule has 0 heterocycles. The van der Waals surface area contributed by atoms with Crippen LogP contribution in [0.3, 0.4) is 0 Å². The van der Waals surface area contributed by atoms with Crippen LogP contribution in [0.2, 0.25) is 0 Å². The smallest absolute Gasteiger partial charge is 0.146 e. The van der Waals surface area contributed by atoms with Crippen molar-refractivity contribution in [2.75, 3.05) is 19.3 Å². The number of unbranched alkanes of at least 4 members (excludes halogenated alkanes) is 1. The van der Waals surface area contributed by atoms with Crippen molar-refractivity contribution in [2.45, 2.75) is 19.4 Å². The Kier molecular flexibility index (Phi) is 4.99. The molecule has 2 nitrogen and oxygen atoms in total. The molecule has 16 heavy (non-hydrogen) atoms. The van der Waals surface area contributed by atoms with E-state index in [-0.39, 0.29) is 11.5 Å². The number of allylic oxidation sites excluding steroid dienone is 1. The zero-order valence-corrected chi connectivity index (χ0v) is 9.75. The predicted octanol–water partition coefficient (Wildman–Crippen LogP) is 2.81. The van der Waals surface area contributed by atoms with Gasteiger partial charge in [-0.15, -0.1) is 6.58 Å². The third-order valence-electron chi connectivity index (χ3n) is 2.47. The summed E-state index contributed by atoms with van der Waals surface area (Å²) in [6.07, 6.45) is 4.01. The summed E-state index contributed by atoms with van der Waals surface area (Å²) in [5.41, 5.74) is 6.58. The van der Waals surface area contributed by atoms with Crippen molar-refractivity contribution in [3.8, 4) is 0 Å². The highest BCUT2D eigenvalue weighted by Crippen LogP contribution is 2.13. The lowest BCUT2D eigenvalue weighted by atomic mass is 10.2. The second-order valence-corrected chi connectivity index (χ2v) is 4.02. The van der Waals surface area contributed by atoms with Crippen LogP contribution in [0.25, 0.3) is 0 Å². The van der Waals surface area contributed by atoms with Crippen molar-refractivity contribution in [3.05, 3.63) is 42.2 Å². The van der Waals surface area contributed by atoms with Gasteiger partial charge in [-0.05, 0) is 44.1 Å². The first-order chi connectivity index (χ1) is 7.63. The molecule has 0 atom stereocenters. The van der Waals surface area contributed by atoms with Crippen LogP contribution >= 0.6 is 0 Å². The average molecular weight is 222 g/mol. The fraction of sp³-hybridized carbons (Fsp3) is 0.385. The van der Waals surface area contributed by atoms with Gasteiger partial charge in [0.1, 0.15) is 5.82 Å². The predicted molar refractivity (Wildman–Crippen MR) is 66.6 cm³/mol. The van der Waals surface area contributed by atoms with Crippen LogP contribution in [0.1, 0.15) is 18.4 Å². The van der Waals surface area contributed by atoms with E-state index >= 15 is 0 Å². The van der Waals surface area contributed by atoms with E-state index in [9.17, 15) is 4.39 Å². The maximum atomic E-state index is 13.2. The van der Waals surface area contributed by atoms with E-state index in [0.29, 0.717) is 0 Å². The zero-order chi connectivity index (χ0) is 12.0. The molecule has 0 aromatic heterocycles. The molecule has 1 rings (SSSR count). The molecule has 3 heteroatoms. The van der Waals surface area contributed by atoms with Crippen LogP contribution in [0.4, 0.5) is 10.1 Å². The van der Waals surface area contributed by atoms with E-state index < -0.39 is 0 Å². The quantitative estimate of drug-likeness (QED) is 0.455. The molecule has 0 bridgehead atoms. The standard InChI is InChI=1S/C13H19FN2/c1-3-4-5-8-16(2)10-11-6-7-13(15)12(14)9-11/h3,6-7,9H,1,4-5,8,10,15H2,2H3. The van der Waals surface area contributed by atoms with Gasteiger partial charge in [0.2, 0.25) is 0 Å². The van der Waals surface area contributed by atoms with Crippen molar-refractivity contribution in [3.63, 3.8) is 0 Å². The first-order valence-electron chi connectivity index (χ1n) is 5.47. The maximum Gasteiger partial charge on any atom is 0.146 e. The molecule has 0 aliphatic carbocycles. The summed E-state index contributed by atoms with van der Waals surface area (Å²) in [6.45, 7) is 5.41. The highest BCUT2D eigenvalue weighted by Gasteiger charge is 2.03. The van der Waals surface area contributed by atoms with Gasteiger partial charge in [0.15, 0.2) is 0 Å². The van der Waals surface area contributed by atoms with Crippen molar-refractivity contribution in [1.82, 2.24) is 4.90 Å². The molecule has 2 N–H and O–H groups in total. The number of nitrogens with two attached hydrogens (primary N) is 1. The summed E-state index contributed by atoms with van der Waals surface area (Å²) < 4.78 is 13.2. The summed E-state index contributed by atoms with van der Waals surface area (Å²) in [6, 6.07) is 4.98. The van der Waals surface area contributed by atoms with Crippen LogP contribution in [0, 0.1) is 5.82 Å². The molecule has 0 radical (unpaired) electrons. The first kappa shape index (κ1) is 12.7. The SMILES string of the molecule is C=CCCCN(C)Cc1ccc(N)c(F)c1. The molecule has 0 amide bonds. The average Bonchev–Trinajstić information content (AvgIpc) is 2.24. The Balaban J connectivity index is 2.46. The third kappa shape index (κ3) is 4.03. The lowest BCUT2D eigenvalue weighted by Crippen LogP contribution is -2.19. The topological polar surface area (TPSA) is 29.3 Å². The molecule has 1 aromatic rings. The van der Waals surface area contributed by atoms with Crippen LogP contribution in [-0.4, -0.2) is 18.5 Å². The largest absolute Gasteiger partial charge is 0.396 e. The third-order valence-corrected chi connectivity index (χ3v) is 2.47. The lowest BCUT2D eigenvalue weighted by molar-refractivity contribution is 0.322. The van der Waals surface area contributed by atoms with Crippen LogP contribution in [0.15, 0.2) is 30.9 Å². The highest BCUT2D eigenvalue weighted by molar-refractivity contribution is 5.41. The van der Waals surface area contributed by atoms with Crippen molar-refractivity contribution < 1.29 is 4.39 Å². The van der Waals surface area contributed by atoms with Crippen molar-refractivity contribution in [2.24, 2.45) is 0 Å². The number of nitrogens with zero attached hydrogens (tertiary/aromatic N) is 1.